The highest BCUT2D eigenvalue weighted by atomic mass is 16.3. The Balaban J connectivity index is 0.856. The Morgan fingerprint density at radius 2 is 0.599 bits per heavy atom. The van der Waals surface area contributed by atoms with Crippen molar-refractivity contribution >= 4 is 123 Å². The number of para-hydroxylation sites is 2. The molecular formula is C131H119BN4O. The third-order valence-electron chi connectivity index (χ3n) is 31.0. The van der Waals surface area contributed by atoms with Gasteiger partial charge < -0.3 is 23.4 Å². The molecule has 5 heterocycles. The first-order valence-electron chi connectivity index (χ1n) is 49.5. The van der Waals surface area contributed by atoms with Crippen LogP contribution in [0.1, 0.15) is 207 Å². The summed E-state index contributed by atoms with van der Waals surface area (Å²) in [5.41, 5.74) is 45.2. The van der Waals surface area contributed by atoms with Gasteiger partial charge in [-0.2, -0.15) is 0 Å². The number of fused-ring (bicyclic) bond motifs is 23. The predicted molar refractivity (Wildman–Crippen MR) is 585 cm³/mol. The van der Waals surface area contributed by atoms with Crippen molar-refractivity contribution in [3.63, 3.8) is 0 Å². The lowest BCUT2D eigenvalue weighted by Gasteiger charge is -2.45. The van der Waals surface area contributed by atoms with Crippen LogP contribution in [0.4, 0.5) is 34.1 Å². The monoisotopic (exact) mass is 1770 g/mol. The van der Waals surface area contributed by atoms with Gasteiger partial charge in [0.1, 0.15) is 5.58 Å². The molecule has 0 saturated carbocycles. The van der Waals surface area contributed by atoms with E-state index in [1.54, 1.807) is 0 Å². The summed E-state index contributed by atoms with van der Waals surface area (Å²) in [6.45, 7) is 49.2. The van der Waals surface area contributed by atoms with E-state index in [0.29, 0.717) is 0 Å². The van der Waals surface area contributed by atoms with Crippen molar-refractivity contribution in [3.05, 3.63) is 401 Å². The highest BCUT2D eigenvalue weighted by Gasteiger charge is 2.53. The van der Waals surface area contributed by atoms with Gasteiger partial charge in [-0.15, -0.1) is 0 Å². The van der Waals surface area contributed by atoms with Crippen molar-refractivity contribution < 1.29 is 4.42 Å². The lowest BCUT2D eigenvalue weighted by Crippen LogP contribution is -2.61. The Morgan fingerprint density at radius 3 is 1.07 bits per heavy atom. The van der Waals surface area contributed by atoms with Gasteiger partial charge in [-0.1, -0.05) is 382 Å². The molecule has 17 aromatic carbocycles. The second kappa shape index (κ2) is 29.9. The maximum atomic E-state index is 8.22. The van der Waals surface area contributed by atoms with E-state index in [2.05, 4.69) is 504 Å². The average molecular weight is 1780 g/mol. The molecule has 0 fully saturated rings. The molecule has 2 aliphatic carbocycles. The summed E-state index contributed by atoms with van der Waals surface area (Å²) < 4.78 is 13.4. The van der Waals surface area contributed by atoms with Crippen LogP contribution in [0.2, 0.25) is 0 Å². The second-order valence-corrected chi connectivity index (χ2v) is 46.9. The number of anilines is 6. The number of hydrogen-bond acceptors (Lipinski definition) is 3. The van der Waals surface area contributed by atoms with Gasteiger partial charge in [0.15, 0.2) is 5.58 Å². The Kier molecular flexibility index (Phi) is 18.7. The van der Waals surface area contributed by atoms with E-state index in [-0.39, 0.29) is 44.6 Å². The molecule has 1 spiro atoms. The summed E-state index contributed by atoms with van der Waals surface area (Å²) in [6, 6.07) is 133. The van der Waals surface area contributed by atoms with E-state index in [4.69, 9.17) is 4.42 Å². The summed E-state index contributed by atoms with van der Waals surface area (Å²) in [5.74, 6) is 0. The minimum atomic E-state index is -0.543. The molecule has 2 aliphatic heterocycles. The zero-order valence-corrected chi connectivity index (χ0v) is 83.1. The Hall–Kier alpha value is -14.2. The summed E-state index contributed by atoms with van der Waals surface area (Å²) in [6.07, 6.45) is 0. The summed E-state index contributed by atoms with van der Waals surface area (Å²) in [5, 5.41) is 7.03. The summed E-state index contributed by atoms with van der Waals surface area (Å²) >= 11 is 0. The second-order valence-electron chi connectivity index (χ2n) is 46.9. The number of benzene rings is 17. The zero-order valence-electron chi connectivity index (χ0n) is 83.1. The van der Waals surface area contributed by atoms with Gasteiger partial charge >= 0.3 is 0 Å². The molecule has 6 heteroatoms. The summed E-state index contributed by atoms with van der Waals surface area (Å²) in [7, 11) is 0. The van der Waals surface area contributed by atoms with Crippen LogP contribution in [0.15, 0.2) is 344 Å². The molecule has 672 valence electrons. The number of aromatic nitrogens is 2. The van der Waals surface area contributed by atoms with Crippen molar-refractivity contribution in [2.75, 3.05) is 9.80 Å². The Labute approximate surface area is 808 Å². The molecule has 0 radical (unpaired) electrons. The molecule has 0 unspecified atom stereocenters. The smallest absolute Gasteiger partial charge is 0.252 e. The molecule has 0 amide bonds. The zero-order chi connectivity index (χ0) is 94.7. The molecule has 24 rings (SSSR count). The fourth-order valence-electron chi connectivity index (χ4n) is 23.5. The lowest BCUT2D eigenvalue weighted by molar-refractivity contribution is 0.569. The lowest BCUT2D eigenvalue weighted by atomic mass is 9.33. The number of rotatable bonds is 8. The van der Waals surface area contributed by atoms with Crippen LogP contribution >= 0.6 is 0 Å². The van der Waals surface area contributed by atoms with Crippen LogP contribution < -0.4 is 26.2 Å². The van der Waals surface area contributed by atoms with Crippen molar-refractivity contribution in [2.24, 2.45) is 0 Å². The van der Waals surface area contributed by atoms with E-state index < -0.39 is 5.41 Å². The maximum absolute atomic E-state index is 8.22. The third-order valence-corrected chi connectivity index (χ3v) is 31.0. The largest absolute Gasteiger partial charge is 0.453 e. The fraction of sp³-hybridized carbons (Fsp3) is 0.221. The quantitative estimate of drug-likeness (QED) is 0.142. The minimum Gasteiger partial charge on any atom is -0.453 e. The first-order valence-corrected chi connectivity index (χ1v) is 49.5. The normalized spacial score (nSPS) is 14.0. The molecule has 0 saturated heterocycles. The number of nitrogens with zero attached hydrogens (tertiary/aromatic N) is 4. The standard InChI is InChI=1S/C131H119BN4O/c1-124(2,3)83-52-60-111-101(69-83)102-70-84(125(4,5)6)53-61-112(102)133(111)90-56-59-110-117(75-90)135(115-49-35-45-98-97-44-34-43-92(122(97)137-123(98)115)81-50-57-96-95-42-30-33-48-107(95)131(108(96)66-81)105-46-31-28-40-93(105)94-41-29-32-47-106(94)131)118-76-91(134-113-62-54-85(126(7,8)9)71-103(113)104-72-86(127(10,11)12)55-63-114(104)134)77-119-120(118)132(110)109-58-51-80(82-64-87(128(13,14)15)68-88(65-82)129(16,17)18)67-116(109)136(119)121-99(78-36-24-22-25-37-78)73-89(130(19,20)21)74-100(121)79-38-26-23-27-39-79/h22-77H,1-21H3. The van der Waals surface area contributed by atoms with Crippen LogP contribution in [-0.2, 0) is 43.3 Å². The molecule has 0 N–H and O–H groups in total. The third kappa shape index (κ3) is 13.2. The first kappa shape index (κ1) is 85.7. The molecule has 4 aliphatic rings. The molecular weight excluding hydrogens is 1660 g/mol. The molecule has 3 aromatic heterocycles. The number of hydrogen-bond donors (Lipinski definition) is 0. The van der Waals surface area contributed by atoms with Gasteiger partial charge in [0.25, 0.3) is 6.71 Å². The van der Waals surface area contributed by atoms with E-state index in [0.717, 1.165) is 128 Å². The SMILES string of the molecule is CC(C)(C)c1cc(-c2ccc3c(c2)N(c2c(-c4ccccc4)cc(C(C)(C)C)cc2-c2ccccc2)c2cc(-n4c5ccc(C(C)(C)C)cc5c5cc(C(C)(C)C)ccc54)cc4c2B3c2ccc(-n3c5ccc(C(C)(C)C)cc5c5cc(C(C)(C)C)ccc53)cc2N4c2cccc3c2oc2c(-c4ccc5c(c4)C4(c6ccccc6-c6ccccc64)c4ccccc4-5)cccc23)cc(C(C)(C)C)c1. The molecule has 5 nitrogen and oxygen atoms in total. The van der Waals surface area contributed by atoms with Crippen LogP contribution in [0, 0.1) is 0 Å². The Morgan fingerprint density at radius 1 is 0.219 bits per heavy atom. The number of furan rings is 1. The van der Waals surface area contributed by atoms with E-state index in [1.807, 2.05) is 0 Å². The van der Waals surface area contributed by atoms with E-state index in [9.17, 15) is 0 Å². The highest BCUT2D eigenvalue weighted by molar-refractivity contribution is 7.00. The minimum absolute atomic E-state index is 0.101. The topological polar surface area (TPSA) is 29.5 Å². The Bertz CT molecular complexity index is 8200. The van der Waals surface area contributed by atoms with Crippen LogP contribution in [0.25, 0.3) is 144 Å². The van der Waals surface area contributed by atoms with Gasteiger partial charge in [-0.3, -0.25) is 0 Å². The average Bonchev–Trinajstić information content (AvgIpc) is 1.49. The van der Waals surface area contributed by atoms with Crippen molar-refractivity contribution in [2.45, 2.75) is 189 Å². The van der Waals surface area contributed by atoms with Crippen LogP contribution in [-0.4, -0.2) is 15.8 Å². The summed E-state index contributed by atoms with van der Waals surface area (Å²) in [4.78, 5) is 5.43. The predicted octanol–water partition coefficient (Wildman–Crippen LogP) is 34.0. The van der Waals surface area contributed by atoms with Crippen LogP contribution in [0.5, 0.6) is 0 Å². The molecule has 137 heavy (non-hydrogen) atoms. The highest BCUT2D eigenvalue weighted by Crippen LogP contribution is 2.64. The van der Waals surface area contributed by atoms with Gasteiger partial charge in [0.2, 0.25) is 0 Å². The van der Waals surface area contributed by atoms with Gasteiger partial charge in [0.05, 0.1) is 44.5 Å². The van der Waals surface area contributed by atoms with E-state index in [1.165, 1.54) is 127 Å². The molecule has 0 bridgehead atoms. The van der Waals surface area contributed by atoms with Crippen LogP contribution in [0.3, 0.4) is 0 Å². The first-order chi connectivity index (χ1) is 65.4. The fourth-order valence-corrected chi connectivity index (χ4v) is 23.5. The van der Waals surface area contributed by atoms with Gasteiger partial charge in [-0.05, 0) is 269 Å². The van der Waals surface area contributed by atoms with Crippen molar-refractivity contribution in [1.29, 1.82) is 0 Å². The van der Waals surface area contributed by atoms with Crippen molar-refractivity contribution in [3.8, 4) is 78.1 Å². The maximum Gasteiger partial charge on any atom is 0.252 e. The molecule has 0 atom stereocenters. The van der Waals surface area contributed by atoms with Gasteiger partial charge in [0, 0.05) is 77.4 Å². The van der Waals surface area contributed by atoms with Gasteiger partial charge in [-0.25, -0.2) is 0 Å². The van der Waals surface area contributed by atoms with E-state index >= 15 is 0 Å². The van der Waals surface area contributed by atoms with Crippen molar-refractivity contribution in [1.82, 2.24) is 9.13 Å². The molecule has 20 aromatic rings.